The molecule has 10 heteroatoms. The van der Waals surface area contributed by atoms with E-state index in [2.05, 4.69) is 10.5 Å². The van der Waals surface area contributed by atoms with Gasteiger partial charge in [-0.15, -0.1) is 0 Å². The highest BCUT2D eigenvalue weighted by atomic mass is 32.2. The Bertz CT molecular complexity index is 1020. The number of nitrogens with one attached hydrogen (secondary N) is 1. The number of carbonyl (C=O) groups is 2. The Labute approximate surface area is 181 Å². The maximum atomic E-state index is 12.2. The van der Waals surface area contributed by atoms with Crippen LogP contribution in [0.2, 0.25) is 0 Å². The second-order valence-corrected chi connectivity index (χ2v) is 9.88. The maximum absolute atomic E-state index is 12.2. The van der Waals surface area contributed by atoms with Crippen molar-refractivity contribution >= 4 is 21.7 Å². The van der Waals surface area contributed by atoms with Crippen LogP contribution >= 0.6 is 0 Å². The molecule has 1 aromatic carbocycles. The molecular formula is C21H26N2O7S. The number of aryl methyl sites for hydroxylation is 2. The average molecular weight is 451 g/mol. The molecule has 1 amide bonds. The minimum absolute atomic E-state index is 0.000422. The molecule has 168 valence electrons. The highest BCUT2D eigenvalue weighted by Gasteiger charge is 2.30. The van der Waals surface area contributed by atoms with E-state index in [0.29, 0.717) is 30.1 Å². The Morgan fingerprint density at radius 1 is 1.26 bits per heavy atom. The predicted octanol–water partition coefficient (Wildman–Crippen LogP) is 1.65. The highest BCUT2D eigenvalue weighted by Crippen LogP contribution is 2.18. The minimum atomic E-state index is -3.10. The number of hydrogen-bond acceptors (Lipinski definition) is 8. The Morgan fingerprint density at radius 2 is 1.97 bits per heavy atom. The lowest BCUT2D eigenvalue weighted by molar-refractivity contribution is -0.154. The van der Waals surface area contributed by atoms with E-state index in [1.54, 1.807) is 24.3 Å². The molecule has 9 nitrogen and oxygen atoms in total. The lowest BCUT2D eigenvalue weighted by Crippen LogP contribution is -2.42. The van der Waals surface area contributed by atoms with Gasteiger partial charge in [-0.05, 0) is 44.9 Å². The third kappa shape index (κ3) is 6.30. The van der Waals surface area contributed by atoms with Gasteiger partial charge in [0.15, 0.2) is 15.9 Å². The molecule has 1 aliphatic rings. The number of esters is 1. The summed E-state index contributed by atoms with van der Waals surface area (Å²) < 4.78 is 39.0. The van der Waals surface area contributed by atoms with Crippen LogP contribution in [0.15, 0.2) is 28.8 Å². The largest absolute Gasteiger partial charge is 0.489 e. The fourth-order valence-electron chi connectivity index (χ4n) is 3.25. The summed E-state index contributed by atoms with van der Waals surface area (Å²) >= 11 is 0. The molecule has 1 aromatic heterocycles. The summed E-state index contributed by atoms with van der Waals surface area (Å²) in [6.07, 6.45) is -0.632. The van der Waals surface area contributed by atoms with Crippen LogP contribution in [-0.4, -0.2) is 49.1 Å². The van der Waals surface area contributed by atoms with Gasteiger partial charge in [0.2, 0.25) is 0 Å². The van der Waals surface area contributed by atoms with Gasteiger partial charge in [-0.3, -0.25) is 9.59 Å². The second kappa shape index (κ2) is 9.51. The van der Waals surface area contributed by atoms with Crippen molar-refractivity contribution in [3.8, 4) is 5.75 Å². The number of ether oxygens (including phenoxy) is 2. The monoisotopic (exact) mass is 450 g/mol. The molecule has 0 unspecified atom stereocenters. The van der Waals surface area contributed by atoms with Crippen molar-refractivity contribution in [3.63, 3.8) is 0 Å². The third-order valence-electron chi connectivity index (χ3n) is 5.09. The topological polar surface area (TPSA) is 125 Å². The highest BCUT2D eigenvalue weighted by molar-refractivity contribution is 7.91. The molecule has 2 atom stereocenters. The van der Waals surface area contributed by atoms with E-state index in [1.165, 1.54) is 6.92 Å². The molecule has 1 N–H and O–H groups in total. The molecule has 31 heavy (non-hydrogen) atoms. The molecule has 0 aliphatic carbocycles. The number of carbonyl (C=O) groups excluding carboxylic acids is 2. The standard InChI is InChI=1S/C21H26N2O7S/c1-13-19(14(2)30-23-13)11-28-18-6-4-16(5-7-18)10-20(24)29-15(3)21(25)22-17-8-9-31(26,27)12-17/h4-7,15,17H,8-12H2,1-3H3,(H,22,25)/t15-,17+/m1/s1. The van der Waals surface area contributed by atoms with Crippen molar-refractivity contribution in [2.24, 2.45) is 0 Å². The van der Waals surface area contributed by atoms with E-state index in [0.717, 1.165) is 11.3 Å². The van der Waals surface area contributed by atoms with Crippen LogP contribution < -0.4 is 10.1 Å². The molecule has 0 spiro atoms. The summed E-state index contributed by atoms with van der Waals surface area (Å²) in [5, 5.41) is 6.51. The first-order valence-corrected chi connectivity index (χ1v) is 11.8. The molecular weight excluding hydrogens is 424 g/mol. The fourth-order valence-corrected chi connectivity index (χ4v) is 4.93. The zero-order valence-corrected chi connectivity index (χ0v) is 18.5. The first kappa shape index (κ1) is 22.8. The average Bonchev–Trinajstić information content (AvgIpc) is 3.21. The van der Waals surface area contributed by atoms with E-state index in [1.807, 2.05) is 13.8 Å². The van der Waals surface area contributed by atoms with Gasteiger partial charge in [-0.25, -0.2) is 8.42 Å². The van der Waals surface area contributed by atoms with Crippen LogP contribution in [0.1, 0.15) is 35.9 Å². The molecule has 0 bridgehead atoms. The normalized spacial score (nSPS) is 18.4. The molecule has 3 rings (SSSR count). The summed E-state index contributed by atoms with van der Waals surface area (Å²) in [6.45, 7) is 5.46. The number of nitrogens with zero attached hydrogens (tertiary/aromatic N) is 1. The number of amides is 1. The minimum Gasteiger partial charge on any atom is -0.489 e. The van der Waals surface area contributed by atoms with Crippen LogP contribution in [-0.2, 0) is 37.2 Å². The van der Waals surface area contributed by atoms with Crippen molar-refractivity contribution in [3.05, 3.63) is 46.8 Å². The molecule has 1 fully saturated rings. The van der Waals surface area contributed by atoms with Crippen LogP contribution in [0, 0.1) is 13.8 Å². The van der Waals surface area contributed by atoms with Gasteiger partial charge in [-0.2, -0.15) is 0 Å². The maximum Gasteiger partial charge on any atom is 0.311 e. The molecule has 2 aromatic rings. The van der Waals surface area contributed by atoms with Crippen LogP contribution in [0.5, 0.6) is 5.75 Å². The van der Waals surface area contributed by atoms with Gasteiger partial charge in [0.1, 0.15) is 18.1 Å². The number of benzene rings is 1. The third-order valence-corrected chi connectivity index (χ3v) is 6.86. The Kier molecular flexibility index (Phi) is 6.99. The van der Waals surface area contributed by atoms with E-state index >= 15 is 0 Å². The van der Waals surface area contributed by atoms with Crippen LogP contribution in [0.3, 0.4) is 0 Å². The number of aromatic nitrogens is 1. The number of sulfone groups is 1. The van der Waals surface area contributed by atoms with Crippen molar-refractivity contribution < 1.29 is 32.0 Å². The fraction of sp³-hybridized carbons (Fsp3) is 0.476. The number of rotatable bonds is 8. The zero-order chi connectivity index (χ0) is 22.6. The van der Waals surface area contributed by atoms with Gasteiger partial charge in [-0.1, -0.05) is 17.3 Å². The first-order chi connectivity index (χ1) is 14.6. The predicted molar refractivity (Wildman–Crippen MR) is 111 cm³/mol. The van der Waals surface area contributed by atoms with Gasteiger partial charge in [0.05, 0.1) is 29.2 Å². The van der Waals surface area contributed by atoms with E-state index in [-0.39, 0.29) is 17.9 Å². The summed E-state index contributed by atoms with van der Waals surface area (Å²) in [7, 11) is -3.10. The zero-order valence-electron chi connectivity index (χ0n) is 17.7. The van der Waals surface area contributed by atoms with E-state index in [4.69, 9.17) is 14.0 Å². The first-order valence-electron chi connectivity index (χ1n) is 9.97. The molecule has 0 saturated carbocycles. The summed E-state index contributed by atoms with van der Waals surface area (Å²) in [6, 6.07) is 6.56. The van der Waals surface area contributed by atoms with Gasteiger partial charge in [0.25, 0.3) is 5.91 Å². The lowest BCUT2D eigenvalue weighted by atomic mass is 10.1. The molecule has 1 aliphatic heterocycles. The summed E-state index contributed by atoms with van der Waals surface area (Å²) in [5.41, 5.74) is 2.39. The van der Waals surface area contributed by atoms with Crippen LogP contribution in [0.25, 0.3) is 0 Å². The molecule has 2 heterocycles. The van der Waals surface area contributed by atoms with Crippen LogP contribution in [0.4, 0.5) is 0 Å². The van der Waals surface area contributed by atoms with Crippen molar-refractivity contribution in [2.75, 3.05) is 11.5 Å². The van der Waals surface area contributed by atoms with Crippen molar-refractivity contribution in [1.82, 2.24) is 10.5 Å². The van der Waals surface area contributed by atoms with E-state index < -0.39 is 33.9 Å². The Balaban J connectivity index is 1.45. The smallest absolute Gasteiger partial charge is 0.311 e. The Hall–Kier alpha value is -2.88. The van der Waals surface area contributed by atoms with Gasteiger partial charge >= 0.3 is 5.97 Å². The Morgan fingerprint density at radius 3 is 2.55 bits per heavy atom. The summed E-state index contributed by atoms with van der Waals surface area (Å²) in [5.74, 6) is 0.277. The van der Waals surface area contributed by atoms with Gasteiger partial charge < -0.3 is 19.3 Å². The second-order valence-electron chi connectivity index (χ2n) is 7.65. The molecule has 0 radical (unpaired) electrons. The van der Waals surface area contributed by atoms with Crippen molar-refractivity contribution in [1.29, 1.82) is 0 Å². The quantitative estimate of drug-likeness (QED) is 0.602. The van der Waals surface area contributed by atoms with Gasteiger partial charge in [0, 0.05) is 6.04 Å². The number of hydrogen-bond donors (Lipinski definition) is 1. The lowest BCUT2D eigenvalue weighted by Gasteiger charge is -2.16. The molecule has 1 saturated heterocycles. The van der Waals surface area contributed by atoms with E-state index in [9.17, 15) is 18.0 Å². The SMILES string of the molecule is Cc1noc(C)c1COc1ccc(CC(=O)O[C@H](C)C(=O)N[C@H]2CCS(=O)(=O)C2)cc1. The summed E-state index contributed by atoms with van der Waals surface area (Å²) in [4.78, 5) is 24.3. The van der Waals surface area contributed by atoms with Crippen molar-refractivity contribution in [2.45, 2.75) is 52.4 Å².